The number of hydrogen-bond donors (Lipinski definition) is 2. The van der Waals surface area contributed by atoms with E-state index < -0.39 is 0 Å². The highest BCUT2D eigenvalue weighted by atomic mass is 35.5. The van der Waals surface area contributed by atoms with Crippen LogP contribution in [0.2, 0.25) is 0 Å². The smallest absolute Gasteiger partial charge is 0.229 e. The molecule has 1 unspecified atom stereocenters. The molecule has 34 heavy (non-hydrogen) atoms. The minimum absolute atomic E-state index is 0. The quantitative estimate of drug-likeness (QED) is 0.478. The maximum absolute atomic E-state index is 12.8. The molecule has 0 saturated carbocycles. The van der Waals surface area contributed by atoms with Gasteiger partial charge in [0.2, 0.25) is 5.91 Å². The molecule has 1 atom stereocenters. The van der Waals surface area contributed by atoms with Crippen molar-refractivity contribution < 1.29 is 22.1 Å². The zero-order valence-corrected chi connectivity index (χ0v) is 23.4. The van der Waals surface area contributed by atoms with E-state index >= 15 is 0 Å². The van der Waals surface area contributed by atoms with Crippen molar-refractivity contribution in [2.24, 2.45) is 5.41 Å². The number of piperazine rings is 1. The molecule has 2 aliphatic heterocycles. The lowest BCUT2D eigenvalue weighted by molar-refractivity contribution is -0.825. The fourth-order valence-corrected chi connectivity index (χ4v) is 5.31. The number of amides is 1. The summed E-state index contributed by atoms with van der Waals surface area (Å²) in [6.45, 7) is 18.9. The van der Waals surface area contributed by atoms with Gasteiger partial charge in [0.25, 0.3) is 0 Å². The number of nitrogens with one attached hydrogen (secondary N) is 2. The summed E-state index contributed by atoms with van der Waals surface area (Å²) < 4.78 is 0. The summed E-state index contributed by atoms with van der Waals surface area (Å²) in [5.74, 6) is 0.111. The van der Waals surface area contributed by atoms with Crippen molar-refractivity contribution in [3.05, 3.63) is 22.8 Å². The van der Waals surface area contributed by atoms with Gasteiger partial charge in [-0.3, -0.25) is 4.79 Å². The molecular weight excluding hydrogens is 444 g/mol. The van der Waals surface area contributed by atoms with E-state index in [0.29, 0.717) is 0 Å². The predicted molar refractivity (Wildman–Crippen MR) is 140 cm³/mol. The van der Waals surface area contributed by atoms with Crippen molar-refractivity contribution >= 4 is 17.3 Å². The fourth-order valence-electron chi connectivity index (χ4n) is 5.31. The Balaban J connectivity index is 0.00000408. The first kappa shape index (κ1) is 29.1. The summed E-state index contributed by atoms with van der Waals surface area (Å²) >= 11 is 0. The van der Waals surface area contributed by atoms with Crippen molar-refractivity contribution in [1.29, 1.82) is 0 Å². The third-order valence-electron chi connectivity index (χ3n) is 7.60. The number of rotatable bonds is 10. The normalized spacial score (nSPS) is 19.1. The number of halogens is 1. The topological polar surface area (TPSA) is 40.0 Å². The van der Waals surface area contributed by atoms with Crippen molar-refractivity contribution in [2.45, 2.75) is 79.6 Å². The monoisotopic (exact) mass is 492 g/mol. The first-order chi connectivity index (χ1) is 15.7. The van der Waals surface area contributed by atoms with E-state index in [2.05, 4.69) is 42.1 Å². The number of aryl methyl sites for hydroxylation is 2. The van der Waals surface area contributed by atoms with Gasteiger partial charge in [0, 0.05) is 43.6 Å². The zero-order chi connectivity index (χ0) is 24.0. The Labute approximate surface area is 215 Å². The van der Waals surface area contributed by atoms with Crippen LogP contribution >= 0.6 is 0 Å². The zero-order valence-electron chi connectivity index (χ0n) is 22.7. The highest BCUT2D eigenvalue weighted by Gasteiger charge is 2.32. The maximum Gasteiger partial charge on any atom is 0.229 e. The molecule has 1 saturated heterocycles. The van der Waals surface area contributed by atoms with Gasteiger partial charge >= 0.3 is 0 Å². The minimum atomic E-state index is -0.382. The Morgan fingerprint density at radius 1 is 0.971 bits per heavy atom. The van der Waals surface area contributed by atoms with Crippen LogP contribution in [0.25, 0.3) is 0 Å². The molecule has 6 heteroatoms. The van der Waals surface area contributed by atoms with Gasteiger partial charge in [-0.1, -0.05) is 46.1 Å². The van der Waals surface area contributed by atoms with Crippen LogP contribution < -0.4 is 22.6 Å². The average Bonchev–Trinajstić information content (AvgIpc) is 3.18. The van der Waals surface area contributed by atoms with E-state index in [4.69, 9.17) is 0 Å². The Morgan fingerprint density at radius 2 is 1.59 bits per heavy atom. The molecule has 0 radical (unpaired) electrons. The summed E-state index contributed by atoms with van der Waals surface area (Å²) in [6, 6.07) is 2.25. The van der Waals surface area contributed by atoms with Crippen molar-refractivity contribution in [1.82, 2.24) is 9.80 Å². The number of carbonyl (C=O) groups is 1. The molecule has 1 aromatic carbocycles. The van der Waals surface area contributed by atoms with Crippen LogP contribution in [0.1, 0.15) is 76.0 Å². The molecule has 194 valence electrons. The highest BCUT2D eigenvalue weighted by molar-refractivity contribution is 5.97. The van der Waals surface area contributed by atoms with Gasteiger partial charge in [-0.25, -0.2) is 0 Å². The molecule has 3 rings (SSSR count). The second-order valence-corrected chi connectivity index (χ2v) is 11.6. The number of hydrogen-bond acceptors (Lipinski definition) is 3. The van der Waals surface area contributed by atoms with Crippen LogP contribution in [0.3, 0.4) is 0 Å². The van der Waals surface area contributed by atoms with E-state index in [1.54, 1.807) is 4.90 Å². The molecule has 5 nitrogen and oxygen atoms in total. The first-order valence-corrected chi connectivity index (χ1v) is 13.4. The second-order valence-electron chi connectivity index (χ2n) is 11.6. The van der Waals surface area contributed by atoms with Gasteiger partial charge in [0.05, 0.1) is 13.1 Å². The van der Waals surface area contributed by atoms with Crippen molar-refractivity contribution in [3.8, 4) is 0 Å². The van der Waals surface area contributed by atoms with Crippen LogP contribution in [0.4, 0.5) is 11.4 Å². The SMILES string of the molecule is Cc1cc(C)c(NC(=O)C(C)(C)C)c2c1CC[NH+]2CCCCCCCCN1CCN(C)CC1.[Cl-]. The molecule has 0 spiro atoms. The van der Waals surface area contributed by atoms with Crippen LogP contribution in [-0.2, 0) is 11.2 Å². The summed E-state index contributed by atoms with van der Waals surface area (Å²) in [5, 5.41) is 3.30. The molecule has 2 heterocycles. The third-order valence-corrected chi connectivity index (χ3v) is 7.60. The van der Waals surface area contributed by atoms with E-state index in [0.717, 1.165) is 18.7 Å². The predicted octanol–water partition coefficient (Wildman–Crippen LogP) is 0.953. The molecule has 0 bridgehead atoms. The number of anilines is 1. The van der Waals surface area contributed by atoms with Gasteiger partial charge < -0.3 is 32.4 Å². The molecular formula is C28H49ClN4O. The largest absolute Gasteiger partial charge is 1.00 e. The lowest BCUT2D eigenvalue weighted by Crippen LogP contribution is -3.06. The minimum Gasteiger partial charge on any atom is -1.00 e. The van der Waals surface area contributed by atoms with E-state index in [9.17, 15) is 4.79 Å². The van der Waals surface area contributed by atoms with Gasteiger partial charge in [-0.05, 0) is 57.8 Å². The fraction of sp³-hybridized carbons (Fsp3) is 0.750. The van der Waals surface area contributed by atoms with E-state index in [1.807, 2.05) is 20.8 Å². The number of quaternary nitrogens is 1. The molecule has 1 aromatic rings. The van der Waals surface area contributed by atoms with Gasteiger partial charge in [-0.2, -0.15) is 0 Å². The average molecular weight is 493 g/mol. The second kappa shape index (κ2) is 13.2. The standard InChI is InChI=1S/C28H48N4O.ClH/c1-22-21-23(2)25(29-27(33)28(3,4)5)26-24(22)13-16-32(26)15-12-10-8-7-9-11-14-31-19-17-30(6)18-20-31;/h21H,7-20H2,1-6H3,(H,29,33);1H. The number of likely N-dealkylation sites (N-methyl/N-ethyl adjacent to an activating group) is 1. The van der Waals surface area contributed by atoms with Crippen molar-refractivity contribution in [3.63, 3.8) is 0 Å². The lowest BCUT2D eigenvalue weighted by atomic mass is 9.94. The lowest BCUT2D eigenvalue weighted by Gasteiger charge is -2.32. The molecule has 0 aliphatic carbocycles. The Morgan fingerprint density at radius 3 is 2.24 bits per heavy atom. The molecule has 2 N–H and O–H groups in total. The number of fused-ring (bicyclic) bond motifs is 1. The Bertz CT molecular complexity index is 797. The van der Waals surface area contributed by atoms with E-state index in [-0.39, 0.29) is 23.7 Å². The van der Waals surface area contributed by atoms with Crippen LogP contribution in [0.15, 0.2) is 6.07 Å². The number of benzene rings is 1. The summed E-state index contributed by atoms with van der Waals surface area (Å²) in [7, 11) is 2.23. The van der Waals surface area contributed by atoms with Crippen LogP contribution in [-0.4, -0.2) is 68.6 Å². The van der Waals surface area contributed by atoms with Crippen LogP contribution in [0, 0.1) is 19.3 Å². The van der Waals surface area contributed by atoms with Gasteiger partial charge in [-0.15, -0.1) is 0 Å². The number of nitrogens with zero attached hydrogens (tertiary/aromatic N) is 2. The Hall–Kier alpha value is -1.14. The molecule has 1 fully saturated rings. The summed E-state index contributed by atoms with van der Waals surface area (Å²) in [4.78, 5) is 19.4. The summed E-state index contributed by atoms with van der Waals surface area (Å²) in [5.41, 5.74) is 6.11. The number of unbranched alkanes of at least 4 members (excludes halogenated alkanes) is 5. The highest BCUT2D eigenvalue weighted by Crippen LogP contribution is 2.34. The van der Waals surface area contributed by atoms with Gasteiger partial charge in [0.15, 0.2) is 5.69 Å². The van der Waals surface area contributed by atoms with Crippen LogP contribution in [0.5, 0.6) is 0 Å². The number of carbonyl (C=O) groups excluding carboxylic acids is 1. The molecule has 1 amide bonds. The molecule has 2 aliphatic rings. The van der Waals surface area contributed by atoms with E-state index in [1.165, 1.54) is 100 Å². The first-order valence-electron chi connectivity index (χ1n) is 13.4. The molecule has 0 aromatic heterocycles. The van der Waals surface area contributed by atoms with Crippen molar-refractivity contribution in [2.75, 3.05) is 58.2 Å². The Kier molecular flexibility index (Phi) is 11.3. The maximum atomic E-state index is 12.8. The third kappa shape index (κ3) is 7.94. The van der Waals surface area contributed by atoms with Gasteiger partial charge in [0.1, 0.15) is 5.69 Å². The summed E-state index contributed by atoms with van der Waals surface area (Å²) in [6.07, 6.45) is 9.15.